The maximum Gasteiger partial charge on any atom is 0.189 e. The lowest BCUT2D eigenvalue weighted by Gasteiger charge is -2.47. The van der Waals surface area contributed by atoms with E-state index < -0.39 is 22.7 Å². The maximum absolute atomic E-state index is 13.9. The number of Topliss-reactive ketones (excluding diaryl/α,β-unsaturated/α-hetero) is 2. The van der Waals surface area contributed by atoms with Crippen molar-refractivity contribution in [2.45, 2.75) is 150 Å². The Bertz CT molecular complexity index is 615. The highest BCUT2D eigenvalue weighted by molar-refractivity contribution is 5.90. The maximum atomic E-state index is 13.9. The summed E-state index contributed by atoms with van der Waals surface area (Å²) >= 11 is 0. The van der Waals surface area contributed by atoms with Crippen LogP contribution in [0.25, 0.3) is 0 Å². The highest BCUT2D eigenvalue weighted by Crippen LogP contribution is 2.44. The van der Waals surface area contributed by atoms with Gasteiger partial charge < -0.3 is 14.6 Å². The van der Waals surface area contributed by atoms with Crippen LogP contribution >= 0.6 is 0 Å². The van der Waals surface area contributed by atoms with Crippen LogP contribution in [0.2, 0.25) is 0 Å². The van der Waals surface area contributed by atoms with Crippen molar-refractivity contribution in [2.24, 2.45) is 11.3 Å². The summed E-state index contributed by atoms with van der Waals surface area (Å²) in [7, 11) is 0. The van der Waals surface area contributed by atoms with Crippen LogP contribution < -0.4 is 0 Å². The average molecular weight is 471 g/mol. The number of rotatable bonds is 18. The van der Waals surface area contributed by atoms with E-state index in [1.54, 1.807) is 6.92 Å². The Labute approximate surface area is 204 Å². The van der Waals surface area contributed by atoms with Gasteiger partial charge in [-0.1, -0.05) is 60.8 Å². The minimum atomic E-state index is -1.42. The molecule has 0 spiro atoms. The lowest BCUT2D eigenvalue weighted by atomic mass is 9.66. The Morgan fingerprint density at radius 1 is 0.879 bits per heavy atom. The third-order valence-corrected chi connectivity index (χ3v) is 8.51. The van der Waals surface area contributed by atoms with Crippen molar-refractivity contribution in [3.63, 3.8) is 0 Å². The predicted molar refractivity (Wildman–Crippen MR) is 137 cm³/mol. The fourth-order valence-electron chi connectivity index (χ4n) is 4.64. The minimum Gasteiger partial charge on any atom is -0.382 e. The third-order valence-electron chi connectivity index (χ3n) is 8.51. The quantitative estimate of drug-likeness (QED) is 0.242. The van der Waals surface area contributed by atoms with E-state index in [-0.39, 0.29) is 23.8 Å². The first-order chi connectivity index (χ1) is 15.1. The standard InChI is InChI=1S/C28H54O5/c1-12-17-18-21(6)27(10,16-5)33-22(7)24(30)25(8,14-3)28(11,19-13-2)32-20-23(29)26(9,31)15-4/h21-22,31H,12-20H2,1-11H3. The third kappa shape index (κ3) is 7.86. The highest BCUT2D eigenvalue weighted by atomic mass is 16.5. The van der Waals surface area contributed by atoms with Crippen molar-refractivity contribution >= 4 is 11.6 Å². The van der Waals surface area contributed by atoms with E-state index in [1.807, 2.05) is 27.7 Å². The molecule has 0 aromatic rings. The van der Waals surface area contributed by atoms with Crippen molar-refractivity contribution < 1.29 is 24.2 Å². The molecule has 1 N–H and O–H groups in total. The van der Waals surface area contributed by atoms with E-state index in [4.69, 9.17) is 9.47 Å². The van der Waals surface area contributed by atoms with Gasteiger partial charge >= 0.3 is 0 Å². The van der Waals surface area contributed by atoms with Crippen molar-refractivity contribution in [2.75, 3.05) is 6.61 Å². The number of carbonyl (C=O) groups is 2. The summed E-state index contributed by atoms with van der Waals surface area (Å²) in [4.78, 5) is 26.5. The van der Waals surface area contributed by atoms with Crippen LogP contribution in [0, 0.1) is 11.3 Å². The van der Waals surface area contributed by atoms with Crippen LogP contribution in [-0.4, -0.2) is 46.2 Å². The molecule has 0 aromatic heterocycles. The second-order valence-electron chi connectivity index (χ2n) is 10.8. The largest absolute Gasteiger partial charge is 0.382 e. The molecule has 0 rings (SSSR count). The molecule has 5 heteroatoms. The van der Waals surface area contributed by atoms with Crippen molar-refractivity contribution in [3.8, 4) is 0 Å². The zero-order chi connectivity index (χ0) is 26.1. The summed E-state index contributed by atoms with van der Waals surface area (Å²) in [6.45, 7) is 21.5. The van der Waals surface area contributed by atoms with Gasteiger partial charge in [-0.15, -0.1) is 0 Å². The van der Waals surface area contributed by atoms with E-state index in [1.165, 1.54) is 6.92 Å². The zero-order valence-corrected chi connectivity index (χ0v) is 23.6. The van der Waals surface area contributed by atoms with Gasteiger partial charge in [-0.25, -0.2) is 0 Å². The molecule has 0 bridgehead atoms. The lowest BCUT2D eigenvalue weighted by Crippen LogP contribution is -2.56. The van der Waals surface area contributed by atoms with Crippen molar-refractivity contribution in [3.05, 3.63) is 0 Å². The predicted octanol–water partition coefficient (Wildman–Crippen LogP) is 6.68. The summed E-state index contributed by atoms with van der Waals surface area (Å²) in [5, 5.41) is 10.3. The number of carbonyl (C=O) groups excluding carboxylic acids is 2. The van der Waals surface area contributed by atoms with Crippen LogP contribution in [0.15, 0.2) is 0 Å². The summed E-state index contributed by atoms with van der Waals surface area (Å²) in [5.74, 6) is 0.00149. The van der Waals surface area contributed by atoms with Gasteiger partial charge in [-0.2, -0.15) is 0 Å². The van der Waals surface area contributed by atoms with E-state index in [0.29, 0.717) is 25.2 Å². The van der Waals surface area contributed by atoms with Gasteiger partial charge in [0.1, 0.15) is 18.3 Å². The molecule has 0 saturated heterocycles. The van der Waals surface area contributed by atoms with E-state index >= 15 is 0 Å². The fraction of sp³-hybridized carbons (Fsp3) is 0.929. The van der Waals surface area contributed by atoms with Gasteiger partial charge in [0.15, 0.2) is 11.6 Å². The number of hydrogen-bond donors (Lipinski definition) is 1. The molecule has 0 amide bonds. The number of ketones is 2. The zero-order valence-electron chi connectivity index (χ0n) is 23.6. The monoisotopic (exact) mass is 470 g/mol. The summed E-state index contributed by atoms with van der Waals surface area (Å²) in [5.41, 5.74) is -3.48. The van der Waals surface area contributed by atoms with Crippen LogP contribution in [0.1, 0.15) is 128 Å². The van der Waals surface area contributed by atoms with Crippen LogP contribution in [0.5, 0.6) is 0 Å². The van der Waals surface area contributed by atoms with E-state index in [2.05, 4.69) is 34.6 Å². The SMILES string of the molecule is CCCCC(C)C(C)(CC)OC(C)C(=O)C(C)(CC)C(C)(CCC)OCC(=O)C(C)(O)CC. The minimum absolute atomic E-state index is 0.0121. The smallest absolute Gasteiger partial charge is 0.189 e. The Morgan fingerprint density at radius 2 is 1.45 bits per heavy atom. The second kappa shape index (κ2) is 13.3. The number of ether oxygens (including phenoxy) is 2. The van der Waals surface area contributed by atoms with E-state index in [0.717, 1.165) is 32.1 Å². The molecule has 0 aliphatic carbocycles. The molecule has 0 aromatic carbocycles. The molecule has 0 aliphatic rings. The van der Waals surface area contributed by atoms with Gasteiger partial charge in [0, 0.05) is 0 Å². The van der Waals surface area contributed by atoms with Crippen LogP contribution in [0.4, 0.5) is 0 Å². The molecule has 33 heavy (non-hydrogen) atoms. The molecule has 0 fully saturated rings. The molecule has 0 aliphatic heterocycles. The molecule has 196 valence electrons. The summed E-state index contributed by atoms with van der Waals surface area (Å²) in [6.07, 6.45) is 5.95. The van der Waals surface area contributed by atoms with Crippen molar-refractivity contribution in [1.29, 1.82) is 0 Å². The Morgan fingerprint density at radius 3 is 1.88 bits per heavy atom. The first-order valence-corrected chi connectivity index (χ1v) is 13.3. The molecule has 6 atom stereocenters. The van der Waals surface area contributed by atoms with Crippen molar-refractivity contribution in [1.82, 2.24) is 0 Å². The van der Waals surface area contributed by atoms with Gasteiger partial charge in [-0.3, -0.25) is 9.59 Å². The first-order valence-electron chi connectivity index (χ1n) is 13.3. The first kappa shape index (κ1) is 32.2. The summed E-state index contributed by atoms with van der Waals surface area (Å²) in [6, 6.07) is 0. The van der Waals surface area contributed by atoms with Gasteiger partial charge in [0.05, 0.1) is 16.6 Å². The topological polar surface area (TPSA) is 72.8 Å². The van der Waals surface area contributed by atoms with E-state index in [9.17, 15) is 14.7 Å². The highest BCUT2D eigenvalue weighted by Gasteiger charge is 2.52. The normalized spacial score (nSPS) is 21.2. The fourth-order valence-corrected chi connectivity index (χ4v) is 4.64. The van der Waals surface area contributed by atoms with Gasteiger partial charge in [0.25, 0.3) is 0 Å². The average Bonchev–Trinajstić information content (AvgIpc) is 2.79. The molecule has 6 unspecified atom stereocenters. The Balaban J connectivity index is 5.83. The van der Waals surface area contributed by atoms with Gasteiger partial charge in [0.2, 0.25) is 0 Å². The van der Waals surface area contributed by atoms with Gasteiger partial charge in [-0.05, 0) is 72.6 Å². The summed E-state index contributed by atoms with van der Waals surface area (Å²) < 4.78 is 12.7. The number of unbranched alkanes of at least 4 members (excludes halogenated alkanes) is 1. The van der Waals surface area contributed by atoms with Crippen LogP contribution in [0.3, 0.4) is 0 Å². The Hall–Kier alpha value is -0.780. The molecule has 5 nitrogen and oxygen atoms in total. The lowest BCUT2D eigenvalue weighted by molar-refractivity contribution is -0.184. The molecule has 0 radical (unpaired) electrons. The Kier molecular flexibility index (Phi) is 13.0. The molecule has 0 heterocycles. The molecule has 0 saturated carbocycles. The number of aliphatic hydroxyl groups is 1. The second-order valence-corrected chi connectivity index (χ2v) is 10.8. The molecular formula is C28H54O5. The molecular weight excluding hydrogens is 416 g/mol. The van der Waals surface area contributed by atoms with Crippen LogP contribution in [-0.2, 0) is 19.1 Å². The number of hydrogen-bond acceptors (Lipinski definition) is 5.